The predicted molar refractivity (Wildman–Crippen MR) is 93.3 cm³/mol. The molecule has 3 rings (SSSR count). The summed E-state index contributed by atoms with van der Waals surface area (Å²) in [5.41, 5.74) is 1.44. The van der Waals surface area contributed by atoms with Gasteiger partial charge in [0.05, 0.1) is 17.9 Å². The SMILES string of the molecule is Cc1ncn2c1CN(C1CCC(N(C)C(=O)OC(C)(C)C)CC1)C2=O. The van der Waals surface area contributed by atoms with E-state index >= 15 is 0 Å². The minimum atomic E-state index is -0.482. The zero-order chi connectivity index (χ0) is 18.4. The molecule has 1 aromatic rings. The number of fused-ring (bicyclic) bond motifs is 1. The maximum atomic E-state index is 12.6. The van der Waals surface area contributed by atoms with Crippen LogP contribution in [-0.2, 0) is 11.3 Å². The van der Waals surface area contributed by atoms with E-state index < -0.39 is 5.60 Å². The van der Waals surface area contributed by atoms with Crippen LogP contribution in [0.5, 0.6) is 0 Å². The molecule has 1 aliphatic carbocycles. The number of hydrogen-bond donors (Lipinski definition) is 0. The Labute approximate surface area is 148 Å². The third-order valence-electron chi connectivity index (χ3n) is 5.18. The van der Waals surface area contributed by atoms with Crippen LogP contribution in [0.2, 0.25) is 0 Å². The highest BCUT2D eigenvalue weighted by molar-refractivity contribution is 5.80. The quantitative estimate of drug-likeness (QED) is 0.823. The molecule has 0 atom stereocenters. The van der Waals surface area contributed by atoms with Crippen LogP contribution in [0.25, 0.3) is 0 Å². The van der Waals surface area contributed by atoms with E-state index in [0.717, 1.165) is 37.1 Å². The van der Waals surface area contributed by atoms with Crippen molar-refractivity contribution in [3.05, 3.63) is 17.7 Å². The zero-order valence-electron chi connectivity index (χ0n) is 15.8. The molecule has 7 nitrogen and oxygen atoms in total. The van der Waals surface area contributed by atoms with Gasteiger partial charge in [-0.1, -0.05) is 0 Å². The Kier molecular flexibility index (Phi) is 4.51. The number of imidazole rings is 1. The highest BCUT2D eigenvalue weighted by Gasteiger charge is 2.37. The normalized spacial score (nSPS) is 23.6. The van der Waals surface area contributed by atoms with Crippen molar-refractivity contribution in [1.29, 1.82) is 0 Å². The minimum absolute atomic E-state index is 0.0274. The summed E-state index contributed by atoms with van der Waals surface area (Å²) < 4.78 is 7.11. The van der Waals surface area contributed by atoms with Gasteiger partial charge in [-0.15, -0.1) is 0 Å². The summed E-state index contributed by atoms with van der Waals surface area (Å²) in [5.74, 6) is 0. The molecular formula is C18H28N4O3. The molecule has 1 saturated carbocycles. The number of aryl methyl sites for hydroxylation is 1. The van der Waals surface area contributed by atoms with Crippen LogP contribution in [0.4, 0.5) is 9.59 Å². The van der Waals surface area contributed by atoms with Crippen molar-refractivity contribution in [3.8, 4) is 0 Å². The van der Waals surface area contributed by atoms with Crippen LogP contribution < -0.4 is 0 Å². The van der Waals surface area contributed by atoms with Crippen molar-refractivity contribution < 1.29 is 14.3 Å². The zero-order valence-corrected chi connectivity index (χ0v) is 15.8. The molecule has 2 amide bonds. The fourth-order valence-corrected chi connectivity index (χ4v) is 3.71. The van der Waals surface area contributed by atoms with Crippen molar-refractivity contribution in [2.24, 2.45) is 0 Å². The Bertz CT molecular complexity index is 668. The summed E-state index contributed by atoms with van der Waals surface area (Å²) in [7, 11) is 1.81. The second kappa shape index (κ2) is 6.35. The fraction of sp³-hybridized carbons (Fsp3) is 0.722. The fourth-order valence-electron chi connectivity index (χ4n) is 3.71. The molecule has 0 saturated heterocycles. The van der Waals surface area contributed by atoms with E-state index in [1.807, 2.05) is 32.6 Å². The first kappa shape index (κ1) is 17.8. The molecule has 1 aromatic heterocycles. The predicted octanol–water partition coefficient (Wildman–Crippen LogP) is 3.15. The summed E-state index contributed by atoms with van der Waals surface area (Å²) in [5, 5.41) is 0. The van der Waals surface area contributed by atoms with Gasteiger partial charge in [0.2, 0.25) is 0 Å². The second-order valence-corrected chi connectivity index (χ2v) is 8.11. The number of amides is 2. The highest BCUT2D eigenvalue weighted by Crippen LogP contribution is 2.31. The largest absolute Gasteiger partial charge is 0.444 e. The summed E-state index contributed by atoms with van der Waals surface area (Å²) >= 11 is 0. The lowest BCUT2D eigenvalue weighted by Crippen LogP contribution is -2.46. The van der Waals surface area contributed by atoms with Gasteiger partial charge in [0.25, 0.3) is 0 Å². The minimum Gasteiger partial charge on any atom is -0.444 e. The molecule has 0 unspecified atom stereocenters. The maximum Gasteiger partial charge on any atom is 0.410 e. The molecule has 0 radical (unpaired) electrons. The first-order valence-corrected chi connectivity index (χ1v) is 8.97. The van der Waals surface area contributed by atoms with Gasteiger partial charge in [-0.05, 0) is 53.4 Å². The van der Waals surface area contributed by atoms with Gasteiger partial charge in [0.15, 0.2) is 0 Å². The topological polar surface area (TPSA) is 67.7 Å². The third kappa shape index (κ3) is 3.50. The number of aromatic nitrogens is 2. The molecule has 1 aliphatic heterocycles. The Hall–Kier alpha value is -2.05. The summed E-state index contributed by atoms with van der Waals surface area (Å²) in [6.07, 6.45) is 4.93. The summed E-state index contributed by atoms with van der Waals surface area (Å²) in [6.45, 7) is 8.21. The van der Waals surface area contributed by atoms with Crippen LogP contribution >= 0.6 is 0 Å². The van der Waals surface area contributed by atoms with E-state index in [0.29, 0.717) is 6.54 Å². The molecule has 2 heterocycles. The molecule has 0 spiro atoms. The second-order valence-electron chi connectivity index (χ2n) is 8.11. The van der Waals surface area contributed by atoms with Crippen LogP contribution in [0, 0.1) is 6.92 Å². The van der Waals surface area contributed by atoms with Gasteiger partial charge in [0, 0.05) is 19.1 Å². The van der Waals surface area contributed by atoms with Gasteiger partial charge in [-0.2, -0.15) is 0 Å². The lowest BCUT2D eigenvalue weighted by Gasteiger charge is -2.38. The molecule has 7 heteroatoms. The van der Waals surface area contributed by atoms with Gasteiger partial charge in [-0.3, -0.25) is 4.57 Å². The van der Waals surface area contributed by atoms with E-state index in [2.05, 4.69) is 4.98 Å². The molecule has 25 heavy (non-hydrogen) atoms. The molecule has 138 valence electrons. The maximum absolute atomic E-state index is 12.6. The Morgan fingerprint density at radius 3 is 2.48 bits per heavy atom. The van der Waals surface area contributed by atoms with Crippen molar-refractivity contribution >= 4 is 12.1 Å². The van der Waals surface area contributed by atoms with Gasteiger partial charge in [0.1, 0.15) is 11.9 Å². The number of carbonyl (C=O) groups excluding carboxylic acids is 2. The van der Waals surface area contributed by atoms with E-state index in [-0.39, 0.29) is 24.2 Å². The Balaban J connectivity index is 1.56. The highest BCUT2D eigenvalue weighted by atomic mass is 16.6. The average Bonchev–Trinajstić information content (AvgIpc) is 3.06. The van der Waals surface area contributed by atoms with Crippen LogP contribution in [-0.4, -0.2) is 56.2 Å². The van der Waals surface area contributed by atoms with Crippen molar-refractivity contribution in [2.45, 2.75) is 77.6 Å². The number of rotatable bonds is 2. The third-order valence-corrected chi connectivity index (χ3v) is 5.18. The van der Waals surface area contributed by atoms with E-state index in [4.69, 9.17) is 4.74 Å². The van der Waals surface area contributed by atoms with Gasteiger partial charge >= 0.3 is 12.1 Å². The van der Waals surface area contributed by atoms with Gasteiger partial charge < -0.3 is 14.5 Å². The average molecular weight is 348 g/mol. The van der Waals surface area contributed by atoms with E-state index in [1.54, 1.807) is 22.8 Å². The smallest absolute Gasteiger partial charge is 0.410 e. The van der Waals surface area contributed by atoms with Crippen molar-refractivity contribution in [3.63, 3.8) is 0 Å². The molecule has 0 N–H and O–H groups in total. The van der Waals surface area contributed by atoms with Crippen molar-refractivity contribution in [2.75, 3.05) is 7.05 Å². The first-order chi connectivity index (χ1) is 11.7. The number of ether oxygens (including phenoxy) is 1. The lowest BCUT2D eigenvalue weighted by molar-refractivity contribution is 0.0161. The molecule has 2 aliphatic rings. The Morgan fingerprint density at radius 1 is 1.28 bits per heavy atom. The Morgan fingerprint density at radius 2 is 1.92 bits per heavy atom. The van der Waals surface area contributed by atoms with Crippen LogP contribution in [0.1, 0.15) is 57.8 Å². The van der Waals surface area contributed by atoms with E-state index in [9.17, 15) is 9.59 Å². The summed E-state index contributed by atoms with van der Waals surface area (Å²) in [6, 6.07) is 0.431. The first-order valence-electron chi connectivity index (χ1n) is 8.97. The standard InChI is InChI=1S/C18H28N4O3/c1-12-15-10-21(16(23)22(15)11-19-12)14-8-6-13(7-9-14)20(5)17(24)25-18(2,3)4/h11,13-14H,6-10H2,1-5H3. The molecule has 0 bridgehead atoms. The molecular weight excluding hydrogens is 320 g/mol. The number of nitrogens with zero attached hydrogens (tertiary/aromatic N) is 4. The van der Waals surface area contributed by atoms with Gasteiger partial charge in [-0.25, -0.2) is 14.6 Å². The lowest BCUT2D eigenvalue weighted by atomic mass is 9.89. The number of hydrogen-bond acceptors (Lipinski definition) is 4. The summed E-state index contributed by atoms with van der Waals surface area (Å²) in [4.78, 5) is 32.7. The van der Waals surface area contributed by atoms with Crippen LogP contribution in [0.3, 0.4) is 0 Å². The van der Waals surface area contributed by atoms with Crippen molar-refractivity contribution in [1.82, 2.24) is 19.4 Å². The molecule has 0 aromatic carbocycles. The van der Waals surface area contributed by atoms with Crippen LogP contribution in [0.15, 0.2) is 6.33 Å². The molecule has 1 fully saturated rings. The number of carbonyl (C=O) groups is 2. The van der Waals surface area contributed by atoms with E-state index in [1.165, 1.54) is 0 Å². The monoisotopic (exact) mass is 348 g/mol.